The number of carbonyl (C=O) groups is 2. The van der Waals surface area contributed by atoms with Crippen molar-refractivity contribution < 1.29 is 18.7 Å². The van der Waals surface area contributed by atoms with Gasteiger partial charge in [0.05, 0.1) is 17.4 Å². The van der Waals surface area contributed by atoms with Gasteiger partial charge in [0.1, 0.15) is 11.4 Å². The van der Waals surface area contributed by atoms with Crippen molar-refractivity contribution in [3.63, 3.8) is 0 Å². The molecule has 3 aromatic rings. The number of rotatable bonds is 3. The van der Waals surface area contributed by atoms with Crippen LogP contribution in [0.4, 0.5) is 14.9 Å². The van der Waals surface area contributed by atoms with Gasteiger partial charge in [-0.25, -0.2) is 9.18 Å². The summed E-state index contributed by atoms with van der Waals surface area (Å²) in [6.07, 6.45) is 4.67. The van der Waals surface area contributed by atoms with E-state index < -0.39 is 5.60 Å². The summed E-state index contributed by atoms with van der Waals surface area (Å²) in [4.78, 5) is 28.8. The van der Waals surface area contributed by atoms with Crippen LogP contribution in [0, 0.1) is 5.82 Å². The Bertz CT molecular complexity index is 1400. The molecule has 1 fully saturated rings. The highest BCUT2D eigenvalue weighted by molar-refractivity contribution is 6.05. The molecule has 0 N–H and O–H groups in total. The van der Waals surface area contributed by atoms with Crippen LogP contribution < -0.4 is 4.90 Å². The standard InChI is InChI=1S/C28H31FN4O3/c1-17-6-9-26(34)33(17)25-14-20(29)7-8-21(25)22-12-19(13-24-23(22)15-30-31(24)5)18-10-11-32(16-18)27(35)36-28(2,3)4/h7-8,10,12-15,17H,6,9,11,16H2,1-5H3. The molecule has 1 unspecified atom stereocenters. The smallest absolute Gasteiger partial charge is 0.410 e. The van der Waals surface area contributed by atoms with Gasteiger partial charge in [0.15, 0.2) is 0 Å². The normalized spacial score (nSPS) is 18.3. The number of hydrogen-bond donors (Lipinski definition) is 0. The minimum atomic E-state index is -0.566. The van der Waals surface area contributed by atoms with Gasteiger partial charge in [0.25, 0.3) is 0 Å². The van der Waals surface area contributed by atoms with Gasteiger partial charge < -0.3 is 14.5 Å². The molecule has 2 aliphatic heterocycles. The Morgan fingerprint density at radius 1 is 1.17 bits per heavy atom. The van der Waals surface area contributed by atoms with Crippen molar-refractivity contribution in [2.45, 2.75) is 52.2 Å². The van der Waals surface area contributed by atoms with E-state index in [1.54, 1.807) is 26.7 Å². The van der Waals surface area contributed by atoms with E-state index in [0.29, 0.717) is 25.2 Å². The van der Waals surface area contributed by atoms with Crippen molar-refractivity contribution in [1.29, 1.82) is 0 Å². The Balaban J connectivity index is 1.59. The van der Waals surface area contributed by atoms with Crippen LogP contribution in [-0.2, 0) is 16.6 Å². The van der Waals surface area contributed by atoms with E-state index in [2.05, 4.69) is 17.2 Å². The molecule has 3 heterocycles. The summed E-state index contributed by atoms with van der Waals surface area (Å²) in [7, 11) is 1.88. The molecule has 1 saturated heterocycles. The lowest BCUT2D eigenvalue weighted by Gasteiger charge is -2.25. The van der Waals surface area contributed by atoms with Gasteiger partial charge >= 0.3 is 6.09 Å². The summed E-state index contributed by atoms with van der Waals surface area (Å²) in [5.74, 6) is -0.384. The third-order valence-corrected chi connectivity index (χ3v) is 6.80. The molecule has 0 aliphatic carbocycles. The Morgan fingerprint density at radius 3 is 2.64 bits per heavy atom. The molecule has 2 aliphatic rings. The van der Waals surface area contributed by atoms with Crippen molar-refractivity contribution in [2.24, 2.45) is 7.05 Å². The molecule has 2 aromatic carbocycles. The number of nitrogens with zero attached hydrogens (tertiary/aromatic N) is 4. The second kappa shape index (κ2) is 8.76. The minimum Gasteiger partial charge on any atom is -0.444 e. The van der Waals surface area contributed by atoms with Crippen molar-refractivity contribution in [2.75, 3.05) is 18.0 Å². The van der Waals surface area contributed by atoms with Crippen LogP contribution in [0.15, 0.2) is 42.6 Å². The van der Waals surface area contributed by atoms with Crippen molar-refractivity contribution in [3.05, 3.63) is 54.0 Å². The second-order valence-corrected chi connectivity index (χ2v) is 10.6. The molecular formula is C28H31FN4O3. The fourth-order valence-corrected chi connectivity index (χ4v) is 5.02. The first kappa shape index (κ1) is 24.0. The topological polar surface area (TPSA) is 67.7 Å². The van der Waals surface area contributed by atoms with Gasteiger partial charge in [-0.2, -0.15) is 5.10 Å². The molecule has 188 valence electrons. The lowest BCUT2D eigenvalue weighted by Crippen LogP contribution is -2.35. The fraction of sp³-hybridized carbons (Fsp3) is 0.393. The molecule has 1 aromatic heterocycles. The lowest BCUT2D eigenvalue weighted by molar-refractivity contribution is -0.117. The van der Waals surface area contributed by atoms with Crippen molar-refractivity contribution in [3.8, 4) is 11.1 Å². The van der Waals surface area contributed by atoms with E-state index >= 15 is 0 Å². The minimum absolute atomic E-state index is 0.000520. The number of benzene rings is 2. The number of hydrogen-bond acceptors (Lipinski definition) is 4. The Labute approximate surface area is 210 Å². The number of anilines is 1. The molecule has 0 saturated carbocycles. The quantitative estimate of drug-likeness (QED) is 0.484. The van der Waals surface area contributed by atoms with Gasteiger partial charge in [0.2, 0.25) is 5.91 Å². The largest absolute Gasteiger partial charge is 0.444 e. The predicted octanol–water partition coefficient (Wildman–Crippen LogP) is 5.53. The molecule has 0 spiro atoms. The van der Waals surface area contributed by atoms with E-state index in [4.69, 9.17) is 4.74 Å². The summed E-state index contributed by atoms with van der Waals surface area (Å²) in [5, 5.41) is 5.38. The molecule has 8 heteroatoms. The number of carbonyl (C=O) groups excluding carboxylic acids is 2. The molecule has 1 atom stereocenters. The zero-order valence-corrected chi connectivity index (χ0v) is 21.3. The number of aryl methyl sites for hydroxylation is 1. The Hall–Kier alpha value is -3.68. The maximum absolute atomic E-state index is 14.4. The summed E-state index contributed by atoms with van der Waals surface area (Å²) >= 11 is 0. The zero-order valence-electron chi connectivity index (χ0n) is 21.3. The van der Waals surface area contributed by atoms with E-state index in [1.807, 2.05) is 40.8 Å². The summed E-state index contributed by atoms with van der Waals surface area (Å²) < 4.78 is 21.8. The van der Waals surface area contributed by atoms with Gasteiger partial charge in [-0.15, -0.1) is 0 Å². The summed E-state index contributed by atoms with van der Waals surface area (Å²) in [6.45, 7) is 8.43. The maximum Gasteiger partial charge on any atom is 0.410 e. The fourth-order valence-electron chi connectivity index (χ4n) is 5.02. The molecule has 2 amide bonds. The third kappa shape index (κ3) is 4.36. The van der Waals surface area contributed by atoms with Crippen LogP contribution in [0.3, 0.4) is 0 Å². The van der Waals surface area contributed by atoms with Crippen LogP contribution in [-0.4, -0.2) is 51.4 Å². The van der Waals surface area contributed by atoms with Gasteiger partial charge in [-0.1, -0.05) is 6.08 Å². The summed E-state index contributed by atoms with van der Waals surface area (Å²) in [6, 6.07) is 8.72. The van der Waals surface area contributed by atoms with Crippen LogP contribution in [0.25, 0.3) is 27.6 Å². The average molecular weight is 491 g/mol. The highest BCUT2D eigenvalue weighted by atomic mass is 19.1. The van der Waals surface area contributed by atoms with Crippen LogP contribution in [0.5, 0.6) is 0 Å². The SMILES string of the molecule is CC1CCC(=O)N1c1cc(F)ccc1-c1cc(C2=CCN(C(=O)OC(C)(C)C)C2)cc2c1cnn2C. The van der Waals surface area contributed by atoms with E-state index in [-0.39, 0.29) is 23.9 Å². The van der Waals surface area contributed by atoms with E-state index in [9.17, 15) is 14.0 Å². The molecule has 5 rings (SSSR count). The molecule has 0 bridgehead atoms. The number of halogens is 1. The Morgan fingerprint density at radius 2 is 1.94 bits per heavy atom. The number of amides is 2. The first-order chi connectivity index (χ1) is 17.0. The summed E-state index contributed by atoms with van der Waals surface area (Å²) in [5.41, 5.74) is 4.51. The third-order valence-electron chi connectivity index (χ3n) is 6.80. The zero-order chi connectivity index (χ0) is 25.8. The van der Waals surface area contributed by atoms with Gasteiger partial charge in [-0.3, -0.25) is 9.48 Å². The van der Waals surface area contributed by atoms with Crippen LogP contribution in [0.2, 0.25) is 0 Å². The number of aromatic nitrogens is 2. The molecule has 0 radical (unpaired) electrons. The lowest BCUT2D eigenvalue weighted by atomic mass is 9.94. The highest BCUT2D eigenvalue weighted by Crippen LogP contribution is 2.41. The maximum atomic E-state index is 14.4. The number of fused-ring (bicyclic) bond motifs is 1. The Kier molecular flexibility index (Phi) is 5.85. The monoisotopic (exact) mass is 490 g/mol. The first-order valence-corrected chi connectivity index (χ1v) is 12.3. The molecule has 7 nitrogen and oxygen atoms in total. The van der Waals surface area contributed by atoms with Gasteiger partial charge in [0, 0.05) is 43.5 Å². The van der Waals surface area contributed by atoms with E-state index in [0.717, 1.165) is 39.6 Å². The van der Waals surface area contributed by atoms with Crippen LogP contribution in [0.1, 0.15) is 46.1 Å². The first-order valence-electron chi connectivity index (χ1n) is 12.3. The van der Waals surface area contributed by atoms with Crippen molar-refractivity contribution >= 4 is 34.2 Å². The second-order valence-electron chi connectivity index (χ2n) is 10.6. The van der Waals surface area contributed by atoms with Gasteiger partial charge in [-0.05, 0) is 81.1 Å². The number of ether oxygens (including phenoxy) is 1. The van der Waals surface area contributed by atoms with Crippen LogP contribution >= 0.6 is 0 Å². The molecule has 36 heavy (non-hydrogen) atoms. The van der Waals surface area contributed by atoms with Crippen molar-refractivity contribution in [1.82, 2.24) is 14.7 Å². The van der Waals surface area contributed by atoms with E-state index in [1.165, 1.54) is 12.1 Å². The molecular weight excluding hydrogens is 459 g/mol. The predicted molar refractivity (Wildman–Crippen MR) is 138 cm³/mol. The highest BCUT2D eigenvalue weighted by Gasteiger charge is 2.32. The average Bonchev–Trinajstić information content (AvgIpc) is 3.52.